The van der Waals surface area contributed by atoms with E-state index in [1.54, 1.807) is 0 Å². The first-order valence-electron chi connectivity index (χ1n) is 5.80. The van der Waals surface area contributed by atoms with Gasteiger partial charge < -0.3 is 15.7 Å². The second-order valence-corrected chi connectivity index (χ2v) is 6.54. The number of hydrogen-bond donors (Lipinski definition) is 3. The molecule has 1 fully saturated rings. The molecule has 9 heteroatoms. The maximum Gasteiger partial charge on any atom is 0.322 e. The molecule has 1 saturated heterocycles. The Kier molecular flexibility index (Phi) is 5.28. The van der Waals surface area contributed by atoms with Crippen molar-refractivity contribution in [3.05, 3.63) is 0 Å². The third kappa shape index (κ3) is 4.86. The quantitative estimate of drug-likeness (QED) is 0.552. The molecule has 1 atom stereocenters. The van der Waals surface area contributed by atoms with Crippen molar-refractivity contribution in [2.75, 3.05) is 18.8 Å². The molecule has 0 aromatic carbocycles. The number of carboxylic acids is 1. The summed E-state index contributed by atoms with van der Waals surface area (Å²) < 4.78 is 23.3. The highest BCUT2D eigenvalue weighted by atomic mass is 32.2. The fourth-order valence-corrected chi connectivity index (χ4v) is 3.59. The SMILES string of the molecule is O=C(O)CNC(=O)CNC(=O)C1CCCCS1(=O)=O. The van der Waals surface area contributed by atoms with Crippen molar-refractivity contribution < 1.29 is 27.9 Å². The molecule has 1 unspecified atom stereocenters. The van der Waals surface area contributed by atoms with Crippen molar-refractivity contribution in [3.8, 4) is 0 Å². The number of rotatable bonds is 5. The molecule has 108 valence electrons. The van der Waals surface area contributed by atoms with E-state index in [9.17, 15) is 22.8 Å². The first kappa shape index (κ1) is 15.4. The molecule has 0 aromatic heterocycles. The van der Waals surface area contributed by atoms with Crippen LogP contribution < -0.4 is 10.6 Å². The first-order valence-corrected chi connectivity index (χ1v) is 7.52. The molecule has 2 amide bonds. The molecule has 1 aliphatic rings. The lowest BCUT2D eigenvalue weighted by Gasteiger charge is -2.21. The molecule has 1 heterocycles. The highest BCUT2D eigenvalue weighted by Crippen LogP contribution is 2.19. The molecular weight excluding hydrogens is 276 g/mol. The number of carbonyl (C=O) groups excluding carboxylic acids is 2. The topological polar surface area (TPSA) is 130 Å². The second kappa shape index (κ2) is 6.50. The van der Waals surface area contributed by atoms with Gasteiger partial charge in [-0.3, -0.25) is 14.4 Å². The number of carboxylic acid groups (broad SMARTS) is 1. The molecular formula is C10H16N2O6S. The van der Waals surface area contributed by atoms with Crippen LogP contribution in [-0.2, 0) is 24.2 Å². The molecule has 8 nitrogen and oxygen atoms in total. The Morgan fingerprint density at radius 1 is 1.11 bits per heavy atom. The summed E-state index contributed by atoms with van der Waals surface area (Å²) in [7, 11) is -3.43. The minimum Gasteiger partial charge on any atom is -0.480 e. The van der Waals surface area contributed by atoms with Gasteiger partial charge in [-0.05, 0) is 12.8 Å². The summed E-state index contributed by atoms with van der Waals surface area (Å²) >= 11 is 0. The van der Waals surface area contributed by atoms with Crippen LogP contribution >= 0.6 is 0 Å². The molecule has 0 bridgehead atoms. The number of nitrogens with one attached hydrogen (secondary N) is 2. The minimum absolute atomic E-state index is 0.0176. The van der Waals surface area contributed by atoms with Gasteiger partial charge in [0.2, 0.25) is 11.8 Å². The van der Waals surface area contributed by atoms with Crippen LogP contribution in [0.25, 0.3) is 0 Å². The molecule has 19 heavy (non-hydrogen) atoms. The molecule has 0 saturated carbocycles. The Balaban J connectivity index is 2.42. The lowest BCUT2D eigenvalue weighted by atomic mass is 10.2. The van der Waals surface area contributed by atoms with Crippen molar-refractivity contribution in [1.82, 2.24) is 10.6 Å². The molecule has 0 radical (unpaired) electrons. The zero-order valence-electron chi connectivity index (χ0n) is 10.2. The fraction of sp³-hybridized carbons (Fsp3) is 0.700. The van der Waals surface area contributed by atoms with Crippen LogP contribution in [0.2, 0.25) is 0 Å². The van der Waals surface area contributed by atoms with Crippen LogP contribution in [0.3, 0.4) is 0 Å². The predicted molar refractivity (Wildman–Crippen MR) is 65.1 cm³/mol. The number of aliphatic carboxylic acids is 1. The first-order chi connectivity index (χ1) is 8.83. The van der Waals surface area contributed by atoms with E-state index in [-0.39, 0.29) is 12.2 Å². The van der Waals surface area contributed by atoms with E-state index in [2.05, 4.69) is 10.6 Å². The molecule has 1 rings (SSSR count). The summed E-state index contributed by atoms with van der Waals surface area (Å²) in [4.78, 5) is 33.0. The third-order valence-corrected chi connectivity index (χ3v) is 4.91. The number of carbonyl (C=O) groups is 3. The van der Waals surface area contributed by atoms with E-state index in [1.807, 2.05) is 0 Å². The molecule has 3 N–H and O–H groups in total. The van der Waals surface area contributed by atoms with Gasteiger partial charge in [-0.1, -0.05) is 6.42 Å². The number of amides is 2. The van der Waals surface area contributed by atoms with Crippen molar-refractivity contribution in [1.29, 1.82) is 0 Å². The van der Waals surface area contributed by atoms with Gasteiger partial charge >= 0.3 is 5.97 Å². The molecule has 0 aromatic rings. The maximum atomic E-state index is 11.7. The van der Waals surface area contributed by atoms with E-state index in [1.165, 1.54) is 0 Å². The summed E-state index contributed by atoms with van der Waals surface area (Å²) in [5.74, 6) is -2.60. The maximum absolute atomic E-state index is 11.7. The summed E-state index contributed by atoms with van der Waals surface area (Å²) in [5, 5.41) is 11.5. The van der Waals surface area contributed by atoms with Crippen LogP contribution in [0.4, 0.5) is 0 Å². The van der Waals surface area contributed by atoms with Gasteiger partial charge in [-0.25, -0.2) is 8.42 Å². The van der Waals surface area contributed by atoms with E-state index >= 15 is 0 Å². The summed E-state index contributed by atoms with van der Waals surface area (Å²) in [6, 6.07) is 0. The molecule has 1 aliphatic heterocycles. The Hall–Kier alpha value is -1.64. The van der Waals surface area contributed by atoms with Crippen LogP contribution in [0.1, 0.15) is 19.3 Å². The Labute approximate surface area is 110 Å². The Morgan fingerprint density at radius 3 is 2.37 bits per heavy atom. The van der Waals surface area contributed by atoms with E-state index in [4.69, 9.17) is 5.11 Å². The highest BCUT2D eigenvalue weighted by Gasteiger charge is 2.34. The third-order valence-electron chi connectivity index (χ3n) is 2.73. The zero-order valence-corrected chi connectivity index (χ0v) is 11.0. The van der Waals surface area contributed by atoms with Crippen molar-refractivity contribution >= 4 is 27.6 Å². The number of hydrogen-bond acceptors (Lipinski definition) is 5. The van der Waals surface area contributed by atoms with Gasteiger partial charge in [0.25, 0.3) is 0 Å². The predicted octanol–water partition coefficient (Wildman–Crippen LogP) is -1.73. The fourth-order valence-electron chi connectivity index (χ4n) is 1.77. The van der Waals surface area contributed by atoms with Crippen molar-refractivity contribution in [2.24, 2.45) is 0 Å². The smallest absolute Gasteiger partial charge is 0.322 e. The van der Waals surface area contributed by atoms with E-state index in [0.29, 0.717) is 12.8 Å². The zero-order chi connectivity index (χ0) is 14.5. The van der Waals surface area contributed by atoms with Gasteiger partial charge in [0.05, 0.1) is 12.3 Å². The van der Waals surface area contributed by atoms with Crippen LogP contribution in [0.5, 0.6) is 0 Å². The summed E-state index contributed by atoms with van der Waals surface area (Å²) in [6.45, 7) is -0.978. The monoisotopic (exact) mass is 292 g/mol. The largest absolute Gasteiger partial charge is 0.480 e. The standard InChI is InChI=1S/C10H16N2O6S/c13-8(11-6-9(14)15)5-12-10(16)7-3-1-2-4-19(7,17)18/h7H,1-6H2,(H,11,13)(H,12,16)(H,14,15). The normalized spacial score (nSPS) is 21.4. The lowest BCUT2D eigenvalue weighted by molar-refractivity contribution is -0.137. The van der Waals surface area contributed by atoms with Gasteiger partial charge in [-0.15, -0.1) is 0 Å². The highest BCUT2D eigenvalue weighted by molar-refractivity contribution is 7.92. The summed E-state index contributed by atoms with van der Waals surface area (Å²) in [6.07, 6.45) is 1.46. The lowest BCUT2D eigenvalue weighted by Crippen LogP contribution is -2.46. The van der Waals surface area contributed by atoms with Crippen molar-refractivity contribution in [2.45, 2.75) is 24.5 Å². The minimum atomic E-state index is -3.43. The second-order valence-electron chi connectivity index (χ2n) is 4.24. The van der Waals surface area contributed by atoms with Gasteiger partial charge in [0.1, 0.15) is 11.8 Å². The van der Waals surface area contributed by atoms with Gasteiger partial charge in [0, 0.05) is 0 Å². The van der Waals surface area contributed by atoms with E-state index in [0.717, 1.165) is 0 Å². The number of sulfone groups is 1. The Bertz CT molecular complexity index is 472. The van der Waals surface area contributed by atoms with Crippen LogP contribution in [-0.4, -0.2) is 55.4 Å². The average molecular weight is 292 g/mol. The van der Waals surface area contributed by atoms with E-state index < -0.39 is 46.0 Å². The van der Waals surface area contributed by atoms with Crippen molar-refractivity contribution in [3.63, 3.8) is 0 Å². The van der Waals surface area contributed by atoms with Gasteiger partial charge in [0.15, 0.2) is 9.84 Å². The van der Waals surface area contributed by atoms with Crippen LogP contribution in [0.15, 0.2) is 0 Å². The Morgan fingerprint density at radius 2 is 1.79 bits per heavy atom. The van der Waals surface area contributed by atoms with Crippen LogP contribution in [0, 0.1) is 0 Å². The average Bonchev–Trinajstić information content (AvgIpc) is 2.32. The molecule has 0 spiro atoms. The molecule has 0 aliphatic carbocycles. The van der Waals surface area contributed by atoms with Gasteiger partial charge in [-0.2, -0.15) is 0 Å². The summed E-state index contributed by atoms with van der Waals surface area (Å²) in [5.41, 5.74) is 0.